The molecule has 0 aromatic carbocycles. The third-order valence-electron chi connectivity index (χ3n) is 2.67. The van der Waals surface area contributed by atoms with Gasteiger partial charge in [-0.15, -0.1) is 0 Å². The van der Waals surface area contributed by atoms with Gasteiger partial charge in [-0.05, 0) is 41.1 Å². The summed E-state index contributed by atoms with van der Waals surface area (Å²) in [6.07, 6.45) is 2.49. The van der Waals surface area contributed by atoms with Crippen LogP contribution in [0.3, 0.4) is 0 Å². The Morgan fingerprint density at radius 3 is 2.88 bits per heavy atom. The van der Waals surface area contributed by atoms with Crippen molar-refractivity contribution in [2.24, 2.45) is 12.8 Å². The maximum absolute atomic E-state index is 6.17. The molecule has 2 aromatic rings. The lowest BCUT2D eigenvalue weighted by Crippen LogP contribution is -2.17. The molecule has 1 unspecified atom stereocenters. The molecule has 0 amide bonds. The summed E-state index contributed by atoms with van der Waals surface area (Å²) in [6.45, 7) is 1.98. The molecular formula is C12H15BrN4. The van der Waals surface area contributed by atoms with Crippen molar-refractivity contribution in [2.75, 3.05) is 0 Å². The average molecular weight is 295 g/mol. The van der Waals surface area contributed by atoms with Crippen LogP contribution in [0.15, 0.2) is 28.9 Å². The molecule has 2 heterocycles. The lowest BCUT2D eigenvalue weighted by atomic mass is 10.1. The second kappa shape index (κ2) is 4.98. The molecule has 1 atom stereocenters. The van der Waals surface area contributed by atoms with E-state index in [0.29, 0.717) is 0 Å². The minimum absolute atomic E-state index is 0.125. The van der Waals surface area contributed by atoms with E-state index >= 15 is 0 Å². The Labute approximate surface area is 109 Å². The monoisotopic (exact) mass is 294 g/mol. The van der Waals surface area contributed by atoms with E-state index in [1.54, 1.807) is 6.20 Å². The third-order valence-corrected chi connectivity index (χ3v) is 3.34. The Balaban J connectivity index is 2.20. The zero-order valence-corrected chi connectivity index (χ0v) is 11.5. The number of hydrogen-bond acceptors (Lipinski definition) is 3. The quantitative estimate of drug-likeness (QED) is 0.943. The summed E-state index contributed by atoms with van der Waals surface area (Å²) >= 11 is 3.47. The summed E-state index contributed by atoms with van der Waals surface area (Å²) in [5.74, 6) is 0. The van der Waals surface area contributed by atoms with Crippen LogP contribution in [0.2, 0.25) is 0 Å². The molecule has 90 valence electrons. The first-order valence-corrected chi connectivity index (χ1v) is 6.22. The number of nitrogens with two attached hydrogens (primary N) is 1. The summed E-state index contributed by atoms with van der Waals surface area (Å²) < 4.78 is 2.82. The number of aromatic nitrogens is 3. The van der Waals surface area contributed by atoms with Crippen molar-refractivity contribution in [3.8, 4) is 0 Å². The molecule has 2 aromatic heterocycles. The fraction of sp³-hybridized carbons (Fsp3) is 0.333. The fourth-order valence-corrected chi connectivity index (χ4v) is 2.40. The molecule has 0 aliphatic rings. The van der Waals surface area contributed by atoms with Crippen LogP contribution >= 0.6 is 15.9 Å². The molecule has 0 spiro atoms. The standard InChI is InChI=1S/C12H15BrN4/c1-8-6-9(17(2)16-8)7-11(14)12-10(13)4-3-5-15-12/h3-6,11H,7,14H2,1-2H3. The molecule has 5 heteroatoms. The zero-order chi connectivity index (χ0) is 12.4. The van der Waals surface area contributed by atoms with Gasteiger partial charge in [0.1, 0.15) is 0 Å². The smallest absolute Gasteiger partial charge is 0.0716 e. The van der Waals surface area contributed by atoms with E-state index < -0.39 is 0 Å². The van der Waals surface area contributed by atoms with Gasteiger partial charge >= 0.3 is 0 Å². The van der Waals surface area contributed by atoms with Crippen molar-refractivity contribution in [2.45, 2.75) is 19.4 Å². The van der Waals surface area contributed by atoms with Gasteiger partial charge in [-0.1, -0.05) is 0 Å². The van der Waals surface area contributed by atoms with Gasteiger partial charge in [-0.25, -0.2) is 0 Å². The maximum Gasteiger partial charge on any atom is 0.0716 e. The molecule has 0 aliphatic heterocycles. The van der Waals surface area contributed by atoms with Crippen molar-refractivity contribution < 1.29 is 0 Å². The van der Waals surface area contributed by atoms with Gasteiger partial charge in [0.15, 0.2) is 0 Å². The third kappa shape index (κ3) is 2.73. The highest BCUT2D eigenvalue weighted by atomic mass is 79.9. The van der Waals surface area contributed by atoms with Gasteiger partial charge in [0.2, 0.25) is 0 Å². The molecule has 0 aliphatic carbocycles. The van der Waals surface area contributed by atoms with E-state index in [9.17, 15) is 0 Å². The fourth-order valence-electron chi connectivity index (χ4n) is 1.85. The SMILES string of the molecule is Cc1cc(CC(N)c2ncccc2Br)n(C)n1. The van der Waals surface area contributed by atoms with Crippen LogP contribution in [-0.4, -0.2) is 14.8 Å². The van der Waals surface area contributed by atoms with Gasteiger partial charge in [0, 0.05) is 29.8 Å². The predicted octanol–water partition coefficient (Wildman–Crippen LogP) is 2.13. The van der Waals surface area contributed by atoms with Crippen molar-refractivity contribution in [1.29, 1.82) is 0 Å². The number of nitrogens with zero attached hydrogens (tertiary/aromatic N) is 3. The molecule has 0 fully saturated rings. The van der Waals surface area contributed by atoms with E-state index in [-0.39, 0.29) is 6.04 Å². The van der Waals surface area contributed by atoms with Crippen molar-refractivity contribution in [3.63, 3.8) is 0 Å². The molecule has 0 saturated heterocycles. The van der Waals surface area contributed by atoms with E-state index in [1.165, 1.54) is 0 Å². The normalized spacial score (nSPS) is 12.7. The summed E-state index contributed by atoms with van der Waals surface area (Å²) in [6, 6.07) is 5.77. The molecule has 0 radical (unpaired) electrons. The summed E-state index contributed by atoms with van der Waals surface area (Å²) in [5, 5.41) is 4.31. The highest BCUT2D eigenvalue weighted by Gasteiger charge is 2.14. The summed E-state index contributed by atoms with van der Waals surface area (Å²) in [5.41, 5.74) is 9.18. The summed E-state index contributed by atoms with van der Waals surface area (Å²) in [7, 11) is 1.93. The topological polar surface area (TPSA) is 56.7 Å². The van der Waals surface area contributed by atoms with Crippen LogP contribution in [0, 0.1) is 6.92 Å². The lowest BCUT2D eigenvalue weighted by molar-refractivity contribution is 0.626. The Bertz CT molecular complexity index is 521. The lowest BCUT2D eigenvalue weighted by Gasteiger charge is -2.12. The second-order valence-corrected chi connectivity index (χ2v) is 4.94. The minimum atomic E-state index is -0.125. The van der Waals surface area contributed by atoms with Crippen LogP contribution in [0.25, 0.3) is 0 Å². The predicted molar refractivity (Wildman–Crippen MR) is 70.5 cm³/mol. The van der Waals surface area contributed by atoms with Gasteiger partial charge in [-0.2, -0.15) is 5.10 Å². The van der Waals surface area contributed by atoms with Crippen LogP contribution < -0.4 is 5.73 Å². The number of rotatable bonds is 3. The minimum Gasteiger partial charge on any atom is -0.322 e. The van der Waals surface area contributed by atoms with Gasteiger partial charge < -0.3 is 5.73 Å². The zero-order valence-electron chi connectivity index (χ0n) is 9.89. The van der Waals surface area contributed by atoms with Crippen molar-refractivity contribution >= 4 is 15.9 Å². The van der Waals surface area contributed by atoms with Crippen LogP contribution in [0.1, 0.15) is 23.1 Å². The van der Waals surface area contributed by atoms with Crippen LogP contribution in [0.4, 0.5) is 0 Å². The van der Waals surface area contributed by atoms with Crippen LogP contribution in [0.5, 0.6) is 0 Å². The maximum atomic E-state index is 6.17. The largest absolute Gasteiger partial charge is 0.322 e. The Kier molecular flexibility index (Phi) is 3.59. The van der Waals surface area contributed by atoms with E-state index in [2.05, 4.69) is 32.1 Å². The molecule has 4 nitrogen and oxygen atoms in total. The highest BCUT2D eigenvalue weighted by molar-refractivity contribution is 9.10. The average Bonchev–Trinajstić information content (AvgIpc) is 2.58. The van der Waals surface area contributed by atoms with E-state index in [0.717, 1.165) is 28.0 Å². The number of hydrogen-bond donors (Lipinski definition) is 1. The van der Waals surface area contributed by atoms with E-state index in [4.69, 9.17) is 5.73 Å². The molecule has 2 N–H and O–H groups in total. The summed E-state index contributed by atoms with van der Waals surface area (Å²) in [4.78, 5) is 4.31. The first kappa shape index (κ1) is 12.3. The van der Waals surface area contributed by atoms with Gasteiger partial charge in [0.25, 0.3) is 0 Å². The number of aryl methyl sites for hydroxylation is 2. The second-order valence-electron chi connectivity index (χ2n) is 4.08. The molecule has 2 rings (SSSR count). The molecular weight excluding hydrogens is 280 g/mol. The first-order valence-electron chi connectivity index (χ1n) is 5.43. The Morgan fingerprint density at radius 1 is 1.53 bits per heavy atom. The van der Waals surface area contributed by atoms with Crippen LogP contribution in [-0.2, 0) is 13.5 Å². The Morgan fingerprint density at radius 2 is 2.29 bits per heavy atom. The van der Waals surface area contributed by atoms with Crippen molar-refractivity contribution in [1.82, 2.24) is 14.8 Å². The van der Waals surface area contributed by atoms with Gasteiger partial charge in [-0.3, -0.25) is 9.67 Å². The molecule has 0 saturated carbocycles. The molecule has 0 bridgehead atoms. The first-order chi connectivity index (χ1) is 8.08. The highest BCUT2D eigenvalue weighted by Crippen LogP contribution is 2.22. The molecule has 17 heavy (non-hydrogen) atoms. The Hall–Kier alpha value is -1.20. The number of pyridine rings is 1. The number of halogens is 1. The van der Waals surface area contributed by atoms with Crippen molar-refractivity contribution in [3.05, 3.63) is 46.0 Å². The van der Waals surface area contributed by atoms with Gasteiger partial charge in [0.05, 0.1) is 17.4 Å². The van der Waals surface area contributed by atoms with E-state index in [1.807, 2.05) is 30.8 Å².